The maximum atomic E-state index is 5.71. The summed E-state index contributed by atoms with van der Waals surface area (Å²) in [5.41, 5.74) is 11.5. The maximum Gasteiger partial charge on any atom is 0.140 e. The number of hydrogen-bond acceptors (Lipinski definition) is 2. The van der Waals surface area contributed by atoms with Crippen molar-refractivity contribution in [3.63, 3.8) is 0 Å². The van der Waals surface area contributed by atoms with E-state index < -0.39 is 0 Å². The highest BCUT2D eigenvalue weighted by molar-refractivity contribution is 5.81. The fraction of sp³-hybridized carbons (Fsp3) is 0.278. The average molecular weight is 279 g/mol. The van der Waals surface area contributed by atoms with E-state index in [2.05, 4.69) is 67.9 Å². The van der Waals surface area contributed by atoms with E-state index >= 15 is 0 Å². The van der Waals surface area contributed by atoms with Crippen LogP contribution in [0.5, 0.6) is 0 Å². The smallest absolute Gasteiger partial charge is 0.140 e. The zero-order valence-electron chi connectivity index (χ0n) is 12.8. The van der Waals surface area contributed by atoms with E-state index in [0.717, 1.165) is 28.0 Å². The summed E-state index contributed by atoms with van der Waals surface area (Å²) >= 11 is 0. The molecule has 0 aliphatic heterocycles. The van der Waals surface area contributed by atoms with Crippen molar-refractivity contribution < 1.29 is 0 Å². The third-order valence-electron chi connectivity index (χ3n) is 4.02. The number of fused-ring (bicyclic) bond motifs is 1. The fourth-order valence-corrected chi connectivity index (χ4v) is 2.65. The lowest BCUT2D eigenvalue weighted by Gasteiger charge is -2.07. The van der Waals surface area contributed by atoms with Crippen LogP contribution in [0, 0.1) is 0 Å². The van der Waals surface area contributed by atoms with Gasteiger partial charge in [0.25, 0.3) is 0 Å². The van der Waals surface area contributed by atoms with Gasteiger partial charge in [0.1, 0.15) is 5.82 Å². The Balaban J connectivity index is 2.09. The number of nitrogens with two attached hydrogens (primary N) is 1. The van der Waals surface area contributed by atoms with E-state index in [-0.39, 0.29) is 0 Å². The molecule has 2 N–H and O–H groups in total. The largest absolute Gasteiger partial charge is 0.327 e. The van der Waals surface area contributed by atoms with Gasteiger partial charge in [-0.25, -0.2) is 4.98 Å². The first-order chi connectivity index (χ1) is 10.1. The van der Waals surface area contributed by atoms with Crippen molar-refractivity contribution in [2.45, 2.75) is 26.3 Å². The predicted octanol–water partition coefficient (Wildman–Crippen LogP) is 3.82. The van der Waals surface area contributed by atoms with E-state index in [1.807, 2.05) is 0 Å². The standard InChI is InChI=1S/C18H21N3/c1-12(2)14-5-7-15(8-6-14)18-20-16-10-13(11-19)4-9-17(16)21(18)3/h4-10,12H,11,19H2,1-3H3. The highest BCUT2D eigenvalue weighted by atomic mass is 15.1. The van der Waals surface area contributed by atoms with Crippen LogP contribution in [0.25, 0.3) is 22.4 Å². The Morgan fingerprint density at radius 3 is 2.43 bits per heavy atom. The number of hydrogen-bond donors (Lipinski definition) is 1. The second kappa shape index (κ2) is 5.34. The van der Waals surface area contributed by atoms with Crippen LogP contribution in [0.3, 0.4) is 0 Å². The summed E-state index contributed by atoms with van der Waals surface area (Å²) in [6.07, 6.45) is 0. The van der Waals surface area contributed by atoms with Gasteiger partial charge in [0.05, 0.1) is 11.0 Å². The lowest BCUT2D eigenvalue weighted by molar-refractivity contribution is 0.866. The molecule has 0 fully saturated rings. The van der Waals surface area contributed by atoms with Gasteiger partial charge in [0.15, 0.2) is 0 Å². The minimum atomic E-state index is 0.547. The molecule has 1 heterocycles. The molecule has 1 aromatic heterocycles. The summed E-state index contributed by atoms with van der Waals surface area (Å²) in [6, 6.07) is 14.9. The minimum Gasteiger partial charge on any atom is -0.327 e. The summed E-state index contributed by atoms with van der Waals surface area (Å²) < 4.78 is 2.14. The van der Waals surface area contributed by atoms with Crippen LogP contribution in [0.4, 0.5) is 0 Å². The summed E-state index contributed by atoms with van der Waals surface area (Å²) in [5, 5.41) is 0. The fourth-order valence-electron chi connectivity index (χ4n) is 2.65. The first kappa shape index (κ1) is 13.8. The van der Waals surface area contributed by atoms with Gasteiger partial charge in [0, 0.05) is 19.2 Å². The van der Waals surface area contributed by atoms with Crippen molar-refractivity contribution in [3.8, 4) is 11.4 Å². The van der Waals surface area contributed by atoms with Crippen molar-refractivity contribution in [1.82, 2.24) is 9.55 Å². The molecular formula is C18H21N3. The highest BCUT2D eigenvalue weighted by Crippen LogP contribution is 2.26. The Kier molecular flexibility index (Phi) is 3.52. The molecule has 3 aromatic rings. The van der Waals surface area contributed by atoms with Gasteiger partial charge >= 0.3 is 0 Å². The van der Waals surface area contributed by atoms with Crippen LogP contribution < -0.4 is 5.73 Å². The topological polar surface area (TPSA) is 43.8 Å². The Bertz CT molecular complexity index is 767. The second-order valence-corrected chi connectivity index (χ2v) is 5.80. The van der Waals surface area contributed by atoms with Crippen LogP contribution in [-0.4, -0.2) is 9.55 Å². The number of rotatable bonds is 3. The van der Waals surface area contributed by atoms with Crippen molar-refractivity contribution in [2.75, 3.05) is 0 Å². The molecule has 0 saturated carbocycles. The number of aromatic nitrogens is 2. The second-order valence-electron chi connectivity index (χ2n) is 5.80. The summed E-state index contributed by atoms with van der Waals surface area (Å²) in [4.78, 5) is 4.77. The molecule has 0 aliphatic rings. The molecule has 108 valence electrons. The highest BCUT2D eigenvalue weighted by Gasteiger charge is 2.10. The summed E-state index contributed by atoms with van der Waals surface area (Å²) in [7, 11) is 2.06. The van der Waals surface area contributed by atoms with Crippen molar-refractivity contribution in [1.29, 1.82) is 0 Å². The molecule has 0 amide bonds. The molecule has 0 spiro atoms. The van der Waals surface area contributed by atoms with E-state index in [1.54, 1.807) is 0 Å². The van der Waals surface area contributed by atoms with E-state index in [1.165, 1.54) is 5.56 Å². The van der Waals surface area contributed by atoms with Crippen LogP contribution in [0.15, 0.2) is 42.5 Å². The quantitative estimate of drug-likeness (QED) is 0.792. The zero-order chi connectivity index (χ0) is 15.0. The van der Waals surface area contributed by atoms with E-state index in [4.69, 9.17) is 10.7 Å². The van der Waals surface area contributed by atoms with Gasteiger partial charge in [-0.05, 0) is 29.2 Å². The van der Waals surface area contributed by atoms with Crippen molar-refractivity contribution >= 4 is 11.0 Å². The summed E-state index contributed by atoms with van der Waals surface area (Å²) in [6.45, 7) is 4.96. The van der Waals surface area contributed by atoms with Crippen molar-refractivity contribution in [3.05, 3.63) is 53.6 Å². The third-order valence-corrected chi connectivity index (χ3v) is 4.02. The monoisotopic (exact) mass is 279 g/mol. The number of benzene rings is 2. The van der Waals surface area contributed by atoms with Crippen LogP contribution >= 0.6 is 0 Å². The molecule has 0 saturated heterocycles. The van der Waals surface area contributed by atoms with Gasteiger partial charge in [-0.2, -0.15) is 0 Å². The lowest BCUT2D eigenvalue weighted by Crippen LogP contribution is -1.96. The Morgan fingerprint density at radius 1 is 1.10 bits per heavy atom. The van der Waals surface area contributed by atoms with E-state index in [9.17, 15) is 0 Å². The molecule has 0 aliphatic carbocycles. The molecule has 0 radical (unpaired) electrons. The number of imidazole rings is 1. The molecule has 0 unspecified atom stereocenters. The molecule has 3 nitrogen and oxygen atoms in total. The number of nitrogens with zero attached hydrogens (tertiary/aromatic N) is 2. The molecule has 0 atom stereocenters. The maximum absolute atomic E-state index is 5.71. The van der Waals surface area contributed by atoms with Gasteiger partial charge in [-0.1, -0.05) is 44.2 Å². The van der Waals surface area contributed by atoms with Gasteiger partial charge in [0.2, 0.25) is 0 Å². The zero-order valence-corrected chi connectivity index (χ0v) is 12.8. The van der Waals surface area contributed by atoms with Crippen LogP contribution in [-0.2, 0) is 13.6 Å². The molecule has 3 rings (SSSR count). The van der Waals surface area contributed by atoms with Crippen molar-refractivity contribution in [2.24, 2.45) is 12.8 Å². The van der Waals surface area contributed by atoms with Crippen LogP contribution in [0.1, 0.15) is 30.9 Å². The SMILES string of the molecule is CC(C)c1ccc(-c2nc3cc(CN)ccc3n2C)cc1. The Hall–Kier alpha value is -2.13. The minimum absolute atomic E-state index is 0.547. The van der Waals surface area contributed by atoms with Gasteiger partial charge < -0.3 is 10.3 Å². The summed E-state index contributed by atoms with van der Waals surface area (Å²) in [5.74, 6) is 1.54. The molecule has 3 heteroatoms. The molecular weight excluding hydrogens is 258 g/mol. The number of aryl methyl sites for hydroxylation is 1. The van der Waals surface area contributed by atoms with Gasteiger partial charge in [-0.15, -0.1) is 0 Å². The molecule has 21 heavy (non-hydrogen) atoms. The van der Waals surface area contributed by atoms with Gasteiger partial charge in [-0.3, -0.25) is 0 Å². The first-order valence-corrected chi connectivity index (χ1v) is 7.36. The molecule has 0 bridgehead atoms. The first-order valence-electron chi connectivity index (χ1n) is 7.36. The third kappa shape index (κ3) is 2.45. The normalized spacial score (nSPS) is 11.5. The predicted molar refractivity (Wildman–Crippen MR) is 88.1 cm³/mol. The lowest BCUT2D eigenvalue weighted by atomic mass is 10.0. The molecule has 2 aromatic carbocycles. The Morgan fingerprint density at radius 2 is 1.81 bits per heavy atom. The van der Waals surface area contributed by atoms with E-state index in [0.29, 0.717) is 12.5 Å². The Labute approximate surface area is 125 Å². The average Bonchev–Trinajstić information content (AvgIpc) is 2.83. The van der Waals surface area contributed by atoms with Crippen LogP contribution in [0.2, 0.25) is 0 Å².